The highest BCUT2D eigenvalue weighted by atomic mass is 35.5. The van der Waals surface area contributed by atoms with Crippen LogP contribution in [0.4, 0.5) is 0 Å². The lowest BCUT2D eigenvalue weighted by molar-refractivity contribution is -0.119. The number of nitrogens with two attached hydrogens (primary N) is 2. The first kappa shape index (κ1) is 12.8. The number of rotatable bonds is 5. The molecule has 0 fully saturated rings. The minimum Gasteiger partial charge on any atom is -0.484 e. The Labute approximate surface area is 99.5 Å². The van der Waals surface area contributed by atoms with Crippen molar-refractivity contribution in [2.45, 2.75) is 19.4 Å². The number of halogens is 1. The molecule has 0 aromatic heterocycles. The van der Waals surface area contributed by atoms with Crippen molar-refractivity contribution in [1.29, 1.82) is 0 Å². The number of hydrogen-bond donors (Lipinski definition) is 2. The van der Waals surface area contributed by atoms with Crippen molar-refractivity contribution < 1.29 is 9.53 Å². The summed E-state index contributed by atoms with van der Waals surface area (Å²) in [6, 6.07) is 5.18. The van der Waals surface area contributed by atoms with E-state index in [0.717, 1.165) is 5.56 Å². The van der Waals surface area contributed by atoms with Crippen LogP contribution in [0.5, 0.6) is 5.75 Å². The van der Waals surface area contributed by atoms with E-state index in [1.165, 1.54) is 0 Å². The lowest BCUT2D eigenvalue weighted by atomic mass is 10.1. The zero-order valence-electron chi connectivity index (χ0n) is 9.07. The fraction of sp³-hybridized carbons (Fsp3) is 0.364. The monoisotopic (exact) mass is 242 g/mol. The molecule has 0 bridgehead atoms. The van der Waals surface area contributed by atoms with Gasteiger partial charge in [0.15, 0.2) is 6.61 Å². The third-order valence-electron chi connectivity index (χ3n) is 1.93. The second kappa shape index (κ2) is 5.72. The largest absolute Gasteiger partial charge is 0.484 e. The lowest BCUT2D eigenvalue weighted by Gasteiger charge is -2.12. The molecular weight excluding hydrogens is 228 g/mol. The van der Waals surface area contributed by atoms with Gasteiger partial charge in [0.2, 0.25) is 0 Å². The molecule has 4 N–H and O–H groups in total. The first-order valence-corrected chi connectivity index (χ1v) is 5.32. The molecule has 0 aliphatic heterocycles. The molecular formula is C11H15ClN2O2. The molecule has 1 rings (SSSR count). The van der Waals surface area contributed by atoms with Crippen molar-refractivity contribution in [3.63, 3.8) is 0 Å². The topological polar surface area (TPSA) is 78.3 Å². The number of carbonyl (C=O) groups excluding carboxylic acids is 1. The Morgan fingerprint density at radius 2 is 2.25 bits per heavy atom. The molecule has 0 saturated carbocycles. The van der Waals surface area contributed by atoms with Crippen molar-refractivity contribution in [2.24, 2.45) is 11.5 Å². The van der Waals surface area contributed by atoms with E-state index in [1.54, 1.807) is 18.2 Å². The van der Waals surface area contributed by atoms with Crippen LogP contribution in [0.15, 0.2) is 18.2 Å². The van der Waals surface area contributed by atoms with Gasteiger partial charge in [0.05, 0.1) is 0 Å². The molecule has 0 spiro atoms. The van der Waals surface area contributed by atoms with Gasteiger partial charge >= 0.3 is 0 Å². The van der Waals surface area contributed by atoms with Crippen LogP contribution >= 0.6 is 11.6 Å². The molecule has 0 saturated heterocycles. The van der Waals surface area contributed by atoms with Gasteiger partial charge in [-0.15, -0.1) is 0 Å². The highest BCUT2D eigenvalue weighted by Gasteiger charge is 2.08. The molecule has 1 unspecified atom stereocenters. The van der Waals surface area contributed by atoms with Crippen molar-refractivity contribution in [3.8, 4) is 5.75 Å². The highest BCUT2D eigenvalue weighted by molar-refractivity contribution is 6.30. The molecule has 0 aliphatic rings. The molecule has 1 amide bonds. The minimum atomic E-state index is -0.512. The van der Waals surface area contributed by atoms with Crippen molar-refractivity contribution >= 4 is 17.5 Å². The summed E-state index contributed by atoms with van der Waals surface area (Å²) in [5.41, 5.74) is 11.6. The Morgan fingerprint density at radius 1 is 1.56 bits per heavy atom. The summed E-state index contributed by atoms with van der Waals surface area (Å²) in [5, 5.41) is 0.613. The second-order valence-corrected chi connectivity index (χ2v) is 4.12. The minimum absolute atomic E-state index is 0.00519. The molecule has 0 aliphatic carbocycles. The van der Waals surface area contributed by atoms with E-state index in [9.17, 15) is 4.79 Å². The van der Waals surface area contributed by atoms with Crippen LogP contribution in [-0.2, 0) is 11.2 Å². The van der Waals surface area contributed by atoms with Crippen LogP contribution in [0.2, 0.25) is 5.02 Å². The fourth-order valence-corrected chi connectivity index (χ4v) is 1.54. The SMILES string of the molecule is CC(N)Cc1cc(Cl)ccc1OCC(N)=O. The molecule has 5 heteroatoms. The number of ether oxygens (including phenoxy) is 1. The Kier molecular flexibility index (Phi) is 4.58. The summed E-state index contributed by atoms with van der Waals surface area (Å²) >= 11 is 5.87. The van der Waals surface area contributed by atoms with E-state index in [4.69, 9.17) is 27.8 Å². The van der Waals surface area contributed by atoms with E-state index in [-0.39, 0.29) is 12.6 Å². The summed E-state index contributed by atoms with van der Waals surface area (Å²) in [6.07, 6.45) is 0.634. The third kappa shape index (κ3) is 4.08. The van der Waals surface area contributed by atoms with Crippen LogP contribution < -0.4 is 16.2 Å². The van der Waals surface area contributed by atoms with Crippen molar-refractivity contribution in [3.05, 3.63) is 28.8 Å². The van der Waals surface area contributed by atoms with Gasteiger partial charge in [-0.3, -0.25) is 4.79 Å². The van der Waals surface area contributed by atoms with Crippen LogP contribution in [0.25, 0.3) is 0 Å². The summed E-state index contributed by atoms with van der Waals surface area (Å²) in [7, 11) is 0. The van der Waals surface area contributed by atoms with Gasteiger partial charge in [0.1, 0.15) is 5.75 Å². The standard InChI is InChI=1S/C11H15ClN2O2/c1-7(13)4-8-5-9(12)2-3-10(8)16-6-11(14)15/h2-3,5,7H,4,6,13H2,1H3,(H2,14,15). The van der Waals surface area contributed by atoms with Gasteiger partial charge in [-0.1, -0.05) is 11.6 Å². The maximum absolute atomic E-state index is 10.6. The molecule has 1 atom stereocenters. The Hall–Kier alpha value is -1.26. The van der Waals surface area contributed by atoms with Crippen LogP contribution in [0, 0.1) is 0 Å². The summed E-state index contributed by atoms with van der Waals surface area (Å²) in [4.78, 5) is 10.6. The van der Waals surface area contributed by atoms with E-state index < -0.39 is 5.91 Å². The fourth-order valence-electron chi connectivity index (χ4n) is 1.34. The first-order chi connectivity index (χ1) is 7.49. The van der Waals surface area contributed by atoms with Crippen molar-refractivity contribution in [2.75, 3.05) is 6.61 Å². The molecule has 16 heavy (non-hydrogen) atoms. The Morgan fingerprint density at radius 3 is 2.81 bits per heavy atom. The van der Waals surface area contributed by atoms with Gasteiger partial charge in [-0.2, -0.15) is 0 Å². The number of amides is 1. The Bertz CT molecular complexity index is 380. The number of benzene rings is 1. The zero-order valence-corrected chi connectivity index (χ0v) is 9.83. The van der Waals surface area contributed by atoms with Gasteiger partial charge < -0.3 is 16.2 Å². The Balaban J connectivity index is 2.84. The third-order valence-corrected chi connectivity index (χ3v) is 2.17. The van der Waals surface area contributed by atoms with Gasteiger partial charge in [-0.25, -0.2) is 0 Å². The predicted molar refractivity (Wildman–Crippen MR) is 63.5 cm³/mol. The molecule has 1 aromatic rings. The van der Waals surface area contributed by atoms with E-state index >= 15 is 0 Å². The summed E-state index contributed by atoms with van der Waals surface area (Å²) < 4.78 is 5.27. The van der Waals surface area contributed by atoms with E-state index in [2.05, 4.69) is 0 Å². The average molecular weight is 243 g/mol. The maximum Gasteiger partial charge on any atom is 0.255 e. The number of carbonyl (C=O) groups is 1. The van der Waals surface area contributed by atoms with E-state index in [1.807, 2.05) is 6.92 Å². The maximum atomic E-state index is 10.6. The smallest absolute Gasteiger partial charge is 0.255 e. The molecule has 1 aromatic carbocycles. The first-order valence-electron chi connectivity index (χ1n) is 4.94. The highest BCUT2D eigenvalue weighted by Crippen LogP contribution is 2.23. The van der Waals surface area contributed by atoms with Crippen molar-refractivity contribution in [1.82, 2.24) is 0 Å². The molecule has 0 heterocycles. The van der Waals surface area contributed by atoms with Crippen LogP contribution in [0.1, 0.15) is 12.5 Å². The molecule has 4 nitrogen and oxygen atoms in total. The van der Waals surface area contributed by atoms with E-state index in [0.29, 0.717) is 17.2 Å². The lowest BCUT2D eigenvalue weighted by Crippen LogP contribution is -2.22. The zero-order chi connectivity index (χ0) is 12.1. The number of hydrogen-bond acceptors (Lipinski definition) is 3. The van der Waals surface area contributed by atoms with Gasteiger partial charge in [0, 0.05) is 11.1 Å². The second-order valence-electron chi connectivity index (χ2n) is 3.69. The predicted octanol–water partition coefficient (Wildman–Crippen LogP) is 1.09. The average Bonchev–Trinajstić information content (AvgIpc) is 2.15. The number of primary amides is 1. The molecule has 88 valence electrons. The molecule has 0 radical (unpaired) electrons. The van der Waals surface area contributed by atoms with Crippen LogP contribution in [-0.4, -0.2) is 18.6 Å². The summed E-state index contributed by atoms with van der Waals surface area (Å²) in [6.45, 7) is 1.74. The quantitative estimate of drug-likeness (QED) is 0.812. The van der Waals surface area contributed by atoms with Gasteiger partial charge in [-0.05, 0) is 37.1 Å². The van der Waals surface area contributed by atoms with Crippen LogP contribution in [0.3, 0.4) is 0 Å². The van der Waals surface area contributed by atoms with Gasteiger partial charge in [0.25, 0.3) is 5.91 Å². The normalized spacial score (nSPS) is 12.2. The summed E-state index contributed by atoms with van der Waals surface area (Å²) in [5.74, 6) is 0.0854.